The van der Waals surface area contributed by atoms with E-state index in [0.717, 1.165) is 22.3 Å². The average molecular weight is 467 g/mol. The number of oxazole rings is 1. The summed E-state index contributed by atoms with van der Waals surface area (Å²) in [6, 6.07) is 25.7. The molecule has 5 aromatic rings. The first-order chi connectivity index (χ1) is 17.1. The number of benzene rings is 4. The summed E-state index contributed by atoms with van der Waals surface area (Å²) >= 11 is 0. The second-order valence-electron chi connectivity index (χ2n) is 8.09. The van der Waals surface area contributed by atoms with Gasteiger partial charge in [0.2, 0.25) is 5.89 Å². The average Bonchev–Trinajstić information content (AvgIpc) is 3.31. The first-order valence-electron chi connectivity index (χ1n) is 11.1. The highest BCUT2D eigenvalue weighted by molar-refractivity contribution is 5.85. The number of hydrogen-bond acceptors (Lipinski definition) is 5. The summed E-state index contributed by atoms with van der Waals surface area (Å²) in [6.07, 6.45) is 1.74. The Hall–Kier alpha value is -4.45. The van der Waals surface area contributed by atoms with E-state index in [9.17, 15) is 4.39 Å². The SMILES string of the molecule is COc1cc(C=Nc2ccc3oc(-c4ccc(C)cc4)nc3c2)ccc1OCc1ccccc1F. The molecule has 1 aromatic heterocycles. The van der Waals surface area contributed by atoms with Gasteiger partial charge in [0.05, 0.1) is 12.8 Å². The molecular formula is C29H23FN2O3. The molecule has 6 heteroatoms. The summed E-state index contributed by atoms with van der Waals surface area (Å²) in [5, 5.41) is 0. The van der Waals surface area contributed by atoms with E-state index in [1.165, 1.54) is 11.6 Å². The van der Waals surface area contributed by atoms with Gasteiger partial charge in [0, 0.05) is 17.3 Å². The Morgan fingerprint density at radius 2 is 1.77 bits per heavy atom. The highest BCUT2D eigenvalue weighted by Gasteiger charge is 2.10. The van der Waals surface area contributed by atoms with Crippen LogP contribution in [0.5, 0.6) is 11.5 Å². The largest absolute Gasteiger partial charge is 0.493 e. The van der Waals surface area contributed by atoms with Gasteiger partial charge in [-0.3, -0.25) is 4.99 Å². The molecule has 0 saturated carbocycles. The predicted octanol–water partition coefficient (Wildman–Crippen LogP) is 7.28. The Balaban J connectivity index is 1.32. The summed E-state index contributed by atoms with van der Waals surface area (Å²) in [4.78, 5) is 9.19. The van der Waals surface area contributed by atoms with Gasteiger partial charge < -0.3 is 13.9 Å². The first kappa shape index (κ1) is 22.3. The molecule has 0 aliphatic carbocycles. The van der Waals surface area contributed by atoms with Crippen LogP contribution in [0.15, 0.2) is 94.3 Å². The molecular weight excluding hydrogens is 443 g/mol. The lowest BCUT2D eigenvalue weighted by Crippen LogP contribution is -2.00. The van der Waals surface area contributed by atoms with E-state index in [0.29, 0.717) is 28.5 Å². The lowest BCUT2D eigenvalue weighted by molar-refractivity contribution is 0.279. The molecule has 0 amide bonds. The molecule has 0 bridgehead atoms. The van der Waals surface area contributed by atoms with Crippen molar-refractivity contribution in [2.24, 2.45) is 4.99 Å². The molecule has 5 rings (SSSR count). The number of hydrogen-bond donors (Lipinski definition) is 0. The van der Waals surface area contributed by atoms with Crippen LogP contribution in [-0.2, 0) is 6.61 Å². The smallest absolute Gasteiger partial charge is 0.227 e. The lowest BCUT2D eigenvalue weighted by Gasteiger charge is -2.11. The van der Waals surface area contributed by atoms with E-state index in [-0.39, 0.29) is 12.4 Å². The van der Waals surface area contributed by atoms with Crippen molar-refractivity contribution in [3.63, 3.8) is 0 Å². The van der Waals surface area contributed by atoms with Crippen molar-refractivity contribution in [3.8, 4) is 23.0 Å². The quantitative estimate of drug-likeness (QED) is 0.237. The van der Waals surface area contributed by atoms with Crippen LogP contribution in [0.2, 0.25) is 0 Å². The summed E-state index contributed by atoms with van der Waals surface area (Å²) in [5.74, 6) is 1.35. The lowest BCUT2D eigenvalue weighted by atomic mass is 10.1. The van der Waals surface area contributed by atoms with Crippen LogP contribution in [0, 0.1) is 12.7 Å². The number of nitrogens with zero attached hydrogens (tertiary/aromatic N) is 2. The minimum Gasteiger partial charge on any atom is -0.493 e. The maximum absolute atomic E-state index is 13.9. The molecule has 0 spiro atoms. The molecule has 0 N–H and O–H groups in total. The predicted molar refractivity (Wildman–Crippen MR) is 135 cm³/mol. The highest BCUT2D eigenvalue weighted by atomic mass is 19.1. The van der Waals surface area contributed by atoms with Gasteiger partial charge in [0.15, 0.2) is 17.1 Å². The molecule has 0 fully saturated rings. The molecule has 0 aliphatic heterocycles. The van der Waals surface area contributed by atoms with Gasteiger partial charge in [-0.15, -0.1) is 0 Å². The van der Waals surface area contributed by atoms with Crippen molar-refractivity contribution in [1.82, 2.24) is 4.98 Å². The van der Waals surface area contributed by atoms with E-state index in [4.69, 9.17) is 13.9 Å². The third-order valence-corrected chi connectivity index (χ3v) is 5.56. The number of halogens is 1. The zero-order valence-electron chi connectivity index (χ0n) is 19.4. The molecule has 0 unspecified atom stereocenters. The van der Waals surface area contributed by atoms with E-state index < -0.39 is 0 Å². The Kier molecular flexibility index (Phi) is 6.26. The van der Waals surface area contributed by atoms with Gasteiger partial charge in [-0.2, -0.15) is 0 Å². The van der Waals surface area contributed by atoms with Crippen LogP contribution in [0.4, 0.5) is 10.1 Å². The third-order valence-electron chi connectivity index (χ3n) is 5.56. The normalized spacial score (nSPS) is 11.3. The van der Waals surface area contributed by atoms with Gasteiger partial charge in [-0.1, -0.05) is 35.9 Å². The second kappa shape index (κ2) is 9.81. The topological polar surface area (TPSA) is 56.9 Å². The fourth-order valence-corrected chi connectivity index (χ4v) is 3.62. The number of aryl methyl sites for hydroxylation is 1. The van der Waals surface area contributed by atoms with Crippen LogP contribution in [0.25, 0.3) is 22.6 Å². The number of aromatic nitrogens is 1. The molecule has 35 heavy (non-hydrogen) atoms. The minimum absolute atomic E-state index is 0.110. The van der Waals surface area contributed by atoms with E-state index in [2.05, 4.69) is 9.98 Å². The van der Waals surface area contributed by atoms with Gasteiger partial charge in [-0.25, -0.2) is 9.37 Å². The molecule has 0 atom stereocenters. The molecule has 174 valence electrons. The van der Waals surface area contributed by atoms with Crippen molar-refractivity contribution in [2.45, 2.75) is 13.5 Å². The maximum atomic E-state index is 13.9. The number of fused-ring (bicyclic) bond motifs is 1. The molecule has 5 nitrogen and oxygen atoms in total. The Labute approximate surface area is 202 Å². The van der Waals surface area contributed by atoms with Crippen LogP contribution < -0.4 is 9.47 Å². The number of aliphatic imine (C=N–C) groups is 1. The van der Waals surface area contributed by atoms with Crippen molar-refractivity contribution < 1.29 is 18.3 Å². The van der Waals surface area contributed by atoms with E-state index >= 15 is 0 Å². The van der Waals surface area contributed by atoms with E-state index in [1.807, 2.05) is 61.5 Å². The zero-order valence-corrected chi connectivity index (χ0v) is 19.4. The molecule has 0 radical (unpaired) electrons. The van der Waals surface area contributed by atoms with Gasteiger partial charge in [0.25, 0.3) is 0 Å². The zero-order chi connectivity index (χ0) is 24.2. The Morgan fingerprint density at radius 3 is 2.57 bits per heavy atom. The van der Waals surface area contributed by atoms with Crippen LogP contribution >= 0.6 is 0 Å². The molecule has 0 aliphatic rings. The van der Waals surface area contributed by atoms with Crippen LogP contribution in [0.3, 0.4) is 0 Å². The summed E-state index contributed by atoms with van der Waals surface area (Å²) in [5.41, 5.74) is 5.63. The van der Waals surface area contributed by atoms with Crippen molar-refractivity contribution >= 4 is 23.0 Å². The minimum atomic E-state index is -0.301. The summed E-state index contributed by atoms with van der Waals surface area (Å²) in [7, 11) is 1.57. The Bertz CT molecular complexity index is 1510. The van der Waals surface area contributed by atoms with Crippen LogP contribution in [-0.4, -0.2) is 18.3 Å². The second-order valence-corrected chi connectivity index (χ2v) is 8.09. The standard InChI is InChI=1S/C29H23FN2O3/c1-19-7-10-21(11-8-19)29-32-25-16-23(12-14-26(25)35-29)31-17-20-9-13-27(28(15-20)33-2)34-18-22-5-3-4-6-24(22)30/h3-17H,18H2,1-2H3. The number of methoxy groups -OCH3 is 1. The summed E-state index contributed by atoms with van der Waals surface area (Å²) in [6.45, 7) is 2.15. The number of ether oxygens (including phenoxy) is 2. The van der Waals surface area contributed by atoms with Crippen LogP contribution in [0.1, 0.15) is 16.7 Å². The first-order valence-corrected chi connectivity index (χ1v) is 11.1. The third kappa shape index (κ3) is 5.06. The van der Waals surface area contributed by atoms with Gasteiger partial charge in [0.1, 0.15) is 17.9 Å². The van der Waals surface area contributed by atoms with Gasteiger partial charge in [-0.05, 0) is 67.1 Å². The van der Waals surface area contributed by atoms with Crippen molar-refractivity contribution in [2.75, 3.05) is 7.11 Å². The molecule has 4 aromatic carbocycles. The molecule has 1 heterocycles. The van der Waals surface area contributed by atoms with Crippen molar-refractivity contribution in [3.05, 3.63) is 107 Å². The molecule has 0 saturated heterocycles. The number of rotatable bonds is 7. The fourth-order valence-electron chi connectivity index (χ4n) is 3.62. The van der Waals surface area contributed by atoms with Gasteiger partial charge >= 0.3 is 0 Å². The highest BCUT2D eigenvalue weighted by Crippen LogP contribution is 2.30. The summed E-state index contributed by atoms with van der Waals surface area (Å²) < 4.78 is 31.0. The monoisotopic (exact) mass is 466 g/mol. The fraction of sp³-hybridized carbons (Fsp3) is 0.103. The Morgan fingerprint density at radius 1 is 0.943 bits per heavy atom. The van der Waals surface area contributed by atoms with Crippen molar-refractivity contribution in [1.29, 1.82) is 0 Å². The maximum Gasteiger partial charge on any atom is 0.227 e. The van der Waals surface area contributed by atoms with E-state index in [1.54, 1.807) is 37.6 Å².